The highest BCUT2D eigenvalue weighted by molar-refractivity contribution is 6.30. The molecule has 2 aliphatic rings. The average Bonchev–Trinajstić information content (AvgIpc) is 3.18. The Balaban J connectivity index is 1.32. The van der Waals surface area contributed by atoms with Crippen molar-refractivity contribution in [1.82, 2.24) is 9.80 Å². The number of halogens is 1. The number of hydrogen-bond acceptors (Lipinski definition) is 2. The van der Waals surface area contributed by atoms with Crippen LogP contribution in [0.3, 0.4) is 0 Å². The molecule has 1 aliphatic carbocycles. The minimum atomic E-state index is 0.114. The zero-order chi connectivity index (χ0) is 20.2. The Morgan fingerprint density at radius 3 is 2.38 bits per heavy atom. The Labute approximate surface area is 179 Å². The van der Waals surface area contributed by atoms with E-state index in [-0.39, 0.29) is 5.91 Å². The van der Waals surface area contributed by atoms with Gasteiger partial charge in [0.15, 0.2) is 0 Å². The summed E-state index contributed by atoms with van der Waals surface area (Å²) in [6.45, 7) is 6.30. The summed E-state index contributed by atoms with van der Waals surface area (Å²) in [6, 6.07) is 16.9. The first-order valence-corrected chi connectivity index (χ1v) is 11.4. The van der Waals surface area contributed by atoms with E-state index in [1.54, 1.807) is 6.07 Å². The van der Waals surface area contributed by atoms with Gasteiger partial charge >= 0.3 is 0 Å². The van der Waals surface area contributed by atoms with Crippen LogP contribution in [-0.2, 0) is 12.8 Å². The fourth-order valence-corrected chi connectivity index (χ4v) is 5.15. The smallest absolute Gasteiger partial charge is 0.253 e. The Morgan fingerprint density at radius 1 is 1.07 bits per heavy atom. The summed E-state index contributed by atoms with van der Waals surface area (Å²) in [7, 11) is 0. The molecule has 1 fully saturated rings. The van der Waals surface area contributed by atoms with E-state index in [4.69, 9.17) is 11.6 Å². The molecule has 2 aromatic rings. The van der Waals surface area contributed by atoms with Crippen molar-refractivity contribution in [2.24, 2.45) is 5.92 Å². The first kappa shape index (κ1) is 20.4. The number of carbonyl (C=O) groups excluding carboxylic acids is 1. The van der Waals surface area contributed by atoms with Gasteiger partial charge in [-0.1, -0.05) is 48.9 Å². The summed E-state index contributed by atoms with van der Waals surface area (Å²) in [4.78, 5) is 17.5. The van der Waals surface area contributed by atoms with Crippen LogP contribution in [0.2, 0.25) is 5.02 Å². The third kappa shape index (κ3) is 4.84. The molecule has 0 spiro atoms. The highest BCUT2D eigenvalue weighted by atomic mass is 35.5. The zero-order valence-corrected chi connectivity index (χ0v) is 18.1. The van der Waals surface area contributed by atoms with Crippen molar-refractivity contribution in [2.75, 3.05) is 26.2 Å². The van der Waals surface area contributed by atoms with Gasteiger partial charge in [-0.05, 0) is 73.9 Å². The van der Waals surface area contributed by atoms with Crippen LogP contribution < -0.4 is 0 Å². The number of carbonyl (C=O) groups is 1. The molecule has 0 N–H and O–H groups in total. The number of nitrogens with zero attached hydrogens (tertiary/aromatic N) is 2. The van der Waals surface area contributed by atoms with Gasteiger partial charge in [-0.3, -0.25) is 9.69 Å². The van der Waals surface area contributed by atoms with Crippen molar-refractivity contribution in [1.29, 1.82) is 0 Å². The lowest BCUT2D eigenvalue weighted by atomic mass is 9.94. The van der Waals surface area contributed by atoms with E-state index < -0.39 is 0 Å². The van der Waals surface area contributed by atoms with E-state index in [0.717, 1.165) is 32.5 Å². The molecule has 0 saturated carbocycles. The lowest BCUT2D eigenvalue weighted by molar-refractivity contribution is 0.0649. The SMILES string of the molecule is CCCN(CC1CCN(C(=O)c2cccc(Cl)c2)CC1)C1Cc2ccccc2C1. The van der Waals surface area contributed by atoms with Crippen LogP contribution in [0, 0.1) is 5.92 Å². The molecular weight excluding hydrogens is 380 g/mol. The van der Waals surface area contributed by atoms with Crippen molar-refractivity contribution in [3.8, 4) is 0 Å². The monoisotopic (exact) mass is 410 g/mol. The third-order valence-electron chi connectivity index (χ3n) is 6.52. The van der Waals surface area contributed by atoms with Crippen LogP contribution in [0.4, 0.5) is 0 Å². The molecule has 29 heavy (non-hydrogen) atoms. The number of amides is 1. The van der Waals surface area contributed by atoms with E-state index in [1.165, 1.54) is 36.9 Å². The standard InChI is InChI=1S/C25H31ClN2O/c1-2-12-28(24-16-20-6-3-4-7-21(20)17-24)18-19-10-13-27(14-11-19)25(29)22-8-5-9-23(26)15-22/h3-9,15,19,24H,2,10-14,16-18H2,1H3. The summed E-state index contributed by atoms with van der Waals surface area (Å²) < 4.78 is 0. The van der Waals surface area contributed by atoms with Crippen molar-refractivity contribution >= 4 is 17.5 Å². The molecule has 154 valence electrons. The molecule has 4 rings (SSSR count). The van der Waals surface area contributed by atoms with E-state index >= 15 is 0 Å². The molecule has 0 atom stereocenters. The molecule has 1 saturated heterocycles. The maximum atomic E-state index is 12.8. The van der Waals surface area contributed by atoms with Gasteiger partial charge in [-0.2, -0.15) is 0 Å². The van der Waals surface area contributed by atoms with Gasteiger partial charge in [0.25, 0.3) is 5.91 Å². The quantitative estimate of drug-likeness (QED) is 0.663. The lowest BCUT2D eigenvalue weighted by Gasteiger charge is -2.37. The van der Waals surface area contributed by atoms with Crippen LogP contribution in [-0.4, -0.2) is 47.9 Å². The Bertz CT molecular complexity index is 819. The second-order valence-electron chi connectivity index (χ2n) is 8.57. The number of rotatable bonds is 6. The molecule has 0 radical (unpaired) electrons. The van der Waals surface area contributed by atoms with Gasteiger partial charge < -0.3 is 4.90 Å². The fourth-order valence-electron chi connectivity index (χ4n) is 4.96. The highest BCUT2D eigenvalue weighted by Crippen LogP contribution is 2.28. The molecule has 4 heteroatoms. The highest BCUT2D eigenvalue weighted by Gasteiger charge is 2.30. The van der Waals surface area contributed by atoms with Crippen LogP contribution in [0.25, 0.3) is 0 Å². The van der Waals surface area contributed by atoms with Crippen molar-refractivity contribution in [2.45, 2.75) is 45.1 Å². The molecule has 0 aromatic heterocycles. The van der Waals surface area contributed by atoms with Gasteiger partial charge in [0, 0.05) is 36.3 Å². The first-order chi connectivity index (χ1) is 14.1. The maximum absolute atomic E-state index is 12.8. The molecule has 0 unspecified atom stereocenters. The topological polar surface area (TPSA) is 23.6 Å². The van der Waals surface area contributed by atoms with Gasteiger partial charge in [0.05, 0.1) is 0 Å². The third-order valence-corrected chi connectivity index (χ3v) is 6.76. The number of hydrogen-bond donors (Lipinski definition) is 0. The van der Waals surface area contributed by atoms with E-state index in [0.29, 0.717) is 22.5 Å². The summed E-state index contributed by atoms with van der Waals surface area (Å²) in [5, 5.41) is 0.624. The molecule has 2 aromatic carbocycles. The Morgan fingerprint density at radius 2 is 1.76 bits per heavy atom. The average molecular weight is 411 g/mol. The zero-order valence-electron chi connectivity index (χ0n) is 17.3. The molecule has 0 bridgehead atoms. The van der Waals surface area contributed by atoms with Gasteiger partial charge in [-0.15, -0.1) is 0 Å². The Kier molecular flexibility index (Phi) is 6.56. The van der Waals surface area contributed by atoms with Gasteiger partial charge in [0.2, 0.25) is 0 Å². The summed E-state index contributed by atoms with van der Waals surface area (Å²) >= 11 is 6.06. The second-order valence-corrected chi connectivity index (χ2v) is 9.01. The summed E-state index contributed by atoms with van der Waals surface area (Å²) in [6.07, 6.45) is 5.74. The van der Waals surface area contributed by atoms with Crippen molar-refractivity contribution in [3.63, 3.8) is 0 Å². The molecule has 1 amide bonds. The number of fused-ring (bicyclic) bond motifs is 1. The molecule has 3 nitrogen and oxygen atoms in total. The van der Waals surface area contributed by atoms with Crippen LogP contribution in [0.1, 0.15) is 47.7 Å². The summed E-state index contributed by atoms with van der Waals surface area (Å²) in [5.74, 6) is 0.788. The van der Waals surface area contributed by atoms with Crippen molar-refractivity contribution < 1.29 is 4.79 Å². The van der Waals surface area contributed by atoms with Crippen LogP contribution in [0.15, 0.2) is 48.5 Å². The fraction of sp³-hybridized carbons (Fsp3) is 0.480. The minimum Gasteiger partial charge on any atom is -0.339 e. The predicted octanol–water partition coefficient (Wildman–Crippen LogP) is 5.07. The number of benzene rings is 2. The first-order valence-electron chi connectivity index (χ1n) is 11.0. The van der Waals surface area contributed by atoms with Crippen LogP contribution in [0.5, 0.6) is 0 Å². The second kappa shape index (κ2) is 9.32. The Hall–Kier alpha value is -1.84. The van der Waals surface area contributed by atoms with Crippen molar-refractivity contribution in [3.05, 3.63) is 70.2 Å². The predicted molar refractivity (Wildman–Crippen MR) is 120 cm³/mol. The minimum absolute atomic E-state index is 0.114. The largest absolute Gasteiger partial charge is 0.339 e. The van der Waals surface area contributed by atoms with Crippen LogP contribution >= 0.6 is 11.6 Å². The van der Waals surface area contributed by atoms with E-state index in [1.807, 2.05) is 23.1 Å². The number of piperidine rings is 1. The lowest BCUT2D eigenvalue weighted by Crippen LogP contribution is -2.44. The normalized spacial score (nSPS) is 17.7. The molecular formula is C25H31ClN2O. The molecule has 1 heterocycles. The number of likely N-dealkylation sites (tertiary alicyclic amines) is 1. The maximum Gasteiger partial charge on any atom is 0.253 e. The van der Waals surface area contributed by atoms with E-state index in [9.17, 15) is 4.79 Å². The van der Waals surface area contributed by atoms with E-state index in [2.05, 4.69) is 36.1 Å². The van der Waals surface area contributed by atoms with Gasteiger partial charge in [0.1, 0.15) is 0 Å². The van der Waals surface area contributed by atoms with Gasteiger partial charge in [-0.25, -0.2) is 0 Å². The molecule has 1 aliphatic heterocycles. The summed E-state index contributed by atoms with van der Waals surface area (Å²) in [5.41, 5.74) is 3.76.